The van der Waals surface area contributed by atoms with Gasteiger partial charge in [0.2, 0.25) is 0 Å². The Morgan fingerprint density at radius 1 is 1.30 bits per heavy atom. The van der Waals surface area contributed by atoms with E-state index in [0.717, 1.165) is 23.8 Å². The number of thioether (sulfide) groups is 1. The molecule has 1 aromatic heterocycles. The summed E-state index contributed by atoms with van der Waals surface area (Å²) < 4.78 is 0. The van der Waals surface area contributed by atoms with Gasteiger partial charge >= 0.3 is 0 Å². The van der Waals surface area contributed by atoms with Crippen LogP contribution in [0.25, 0.3) is 0 Å². The maximum absolute atomic E-state index is 5.97. The first-order valence-corrected chi connectivity index (χ1v) is 7.94. The second-order valence-corrected chi connectivity index (χ2v) is 5.74. The highest BCUT2D eigenvalue weighted by molar-refractivity contribution is 7.98. The fourth-order valence-electron chi connectivity index (χ4n) is 2.66. The molecule has 2 aromatic rings. The van der Waals surface area contributed by atoms with Gasteiger partial charge in [0.15, 0.2) is 0 Å². The van der Waals surface area contributed by atoms with Gasteiger partial charge in [-0.05, 0) is 23.8 Å². The Hall–Kier alpha value is -1.59. The quantitative estimate of drug-likeness (QED) is 0.691. The van der Waals surface area contributed by atoms with Crippen molar-refractivity contribution >= 4 is 17.6 Å². The molecule has 0 amide bonds. The molecule has 0 saturated heterocycles. The number of fused-ring (bicyclic) bond motifs is 1. The van der Waals surface area contributed by atoms with Gasteiger partial charge in [-0.2, -0.15) is 0 Å². The summed E-state index contributed by atoms with van der Waals surface area (Å²) in [4.78, 5) is 11.0. The number of nitrogens with two attached hydrogens (primary N) is 1. The normalized spacial score (nSPS) is 17.9. The lowest BCUT2D eigenvalue weighted by molar-refractivity contribution is 0.554. The Balaban J connectivity index is 1.95. The van der Waals surface area contributed by atoms with E-state index < -0.39 is 0 Å². The zero-order chi connectivity index (χ0) is 13.9. The van der Waals surface area contributed by atoms with Gasteiger partial charge in [-0.25, -0.2) is 9.97 Å². The molecule has 1 atom stereocenters. The average Bonchev–Trinajstić information content (AvgIpc) is 2.53. The molecule has 1 unspecified atom stereocenters. The molecule has 0 bridgehead atoms. The van der Waals surface area contributed by atoms with E-state index in [9.17, 15) is 0 Å². The van der Waals surface area contributed by atoms with Crippen molar-refractivity contribution in [3.63, 3.8) is 0 Å². The maximum Gasteiger partial charge on any atom is 0.133 e. The van der Waals surface area contributed by atoms with Gasteiger partial charge in [0, 0.05) is 25.2 Å². The Morgan fingerprint density at radius 3 is 2.85 bits per heavy atom. The van der Waals surface area contributed by atoms with Crippen molar-refractivity contribution in [3.05, 3.63) is 47.8 Å². The molecule has 1 aromatic carbocycles. The summed E-state index contributed by atoms with van der Waals surface area (Å²) in [5.74, 6) is 0.967. The lowest BCUT2D eigenvalue weighted by Gasteiger charge is -2.37. The van der Waals surface area contributed by atoms with Gasteiger partial charge < -0.3 is 10.6 Å². The summed E-state index contributed by atoms with van der Waals surface area (Å²) in [5.41, 5.74) is 8.73. The van der Waals surface area contributed by atoms with Crippen LogP contribution in [0.15, 0.2) is 41.7 Å². The van der Waals surface area contributed by atoms with Crippen LogP contribution in [0.1, 0.15) is 11.1 Å². The van der Waals surface area contributed by atoms with Crippen molar-refractivity contribution in [3.8, 4) is 0 Å². The van der Waals surface area contributed by atoms with Crippen LogP contribution >= 0.6 is 11.8 Å². The minimum atomic E-state index is 0.300. The highest BCUT2D eigenvalue weighted by Crippen LogP contribution is 2.28. The standard InChI is InChI=1S/C15H18N4S/c1-20-15-7-14(17-10-18-15)19-9-12-5-3-2-4-11(12)6-13(19)8-16/h2-5,7,10,13H,6,8-9,16H2,1H3. The zero-order valence-electron chi connectivity index (χ0n) is 11.5. The van der Waals surface area contributed by atoms with Gasteiger partial charge in [0.1, 0.15) is 17.2 Å². The van der Waals surface area contributed by atoms with Crippen LogP contribution in [-0.4, -0.2) is 28.8 Å². The fourth-order valence-corrected chi connectivity index (χ4v) is 3.04. The fraction of sp³-hybridized carbons (Fsp3) is 0.333. The Kier molecular flexibility index (Phi) is 3.89. The van der Waals surface area contributed by atoms with E-state index in [1.165, 1.54) is 11.1 Å². The third-order valence-electron chi connectivity index (χ3n) is 3.76. The van der Waals surface area contributed by atoms with Crippen LogP contribution in [0.2, 0.25) is 0 Å². The van der Waals surface area contributed by atoms with Gasteiger partial charge in [-0.3, -0.25) is 0 Å². The van der Waals surface area contributed by atoms with Crippen molar-refractivity contribution in [1.82, 2.24) is 9.97 Å². The minimum Gasteiger partial charge on any atom is -0.348 e. The molecule has 104 valence electrons. The summed E-state index contributed by atoms with van der Waals surface area (Å²) in [7, 11) is 0. The monoisotopic (exact) mass is 286 g/mol. The smallest absolute Gasteiger partial charge is 0.133 e. The van der Waals surface area contributed by atoms with E-state index in [-0.39, 0.29) is 0 Å². The number of aromatic nitrogens is 2. The summed E-state index contributed by atoms with van der Waals surface area (Å²) >= 11 is 1.63. The first-order valence-electron chi connectivity index (χ1n) is 6.71. The third-order valence-corrected chi connectivity index (χ3v) is 4.40. The van der Waals surface area contributed by atoms with E-state index in [4.69, 9.17) is 5.73 Å². The van der Waals surface area contributed by atoms with Crippen LogP contribution < -0.4 is 10.6 Å². The number of rotatable bonds is 3. The molecule has 1 aliphatic rings. The van der Waals surface area contributed by atoms with Gasteiger partial charge in [0.25, 0.3) is 0 Å². The highest BCUT2D eigenvalue weighted by atomic mass is 32.2. The molecule has 2 N–H and O–H groups in total. The summed E-state index contributed by atoms with van der Waals surface area (Å²) in [6, 6.07) is 10.9. The van der Waals surface area contributed by atoms with Crippen LogP contribution in [0, 0.1) is 0 Å². The summed E-state index contributed by atoms with van der Waals surface area (Å²) in [6.07, 6.45) is 4.64. The van der Waals surface area contributed by atoms with Crippen molar-refractivity contribution < 1.29 is 0 Å². The van der Waals surface area contributed by atoms with E-state index in [0.29, 0.717) is 12.6 Å². The molecule has 4 nitrogen and oxygen atoms in total. The van der Waals surface area contributed by atoms with E-state index in [1.807, 2.05) is 12.3 Å². The summed E-state index contributed by atoms with van der Waals surface area (Å²) in [6.45, 7) is 1.50. The van der Waals surface area contributed by atoms with Crippen molar-refractivity contribution in [1.29, 1.82) is 0 Å². The van der Waals surface area contributed by atoms with Crippen molar-refractivity contribution in [2.24, 2.45) is 5.73 Å². The van der Waals surface area contributed by atoms with Crippen LogP contribution in [0.3, 0.4) is 0 Å². The van der Waals surface area contributed by atoms with Crippen molar-refractivity contribution in [2.45, 2.75) is 24.0 Å². The zero-order valence-corrected chi connectivity index (χ0v) is 12.3. The molecule has 0 fully saturated rings. The molecular weight excluding hydrogens is 268 g/mol. The number of anilines is 1. The number of nitrogens with zero attached hydrogens (tertiary/aromatic N) is 3. The molecule has 0 spiro atoms. The molecular formula is C15H18N4S. The highest BCUT2D eigenvalue weighted by Gasteiger charge is 2.26. The second-order valence-electron chi connectivity index (χ2n) is 4.91. The minimum absolute atomic E-state index is 0.300. The van der Waals surface area contributed by atoms with Gasteiger partial charge in [0.05, 0.1) is 0 Å². The van der Waals surface area contributed by atoms with Crippen LogP contribution in [0.5, 0.6) is 0 Å². The van der Waals surface area contributed by atoms with E-state index in [2.05, 4.69) is 39.1 Å². The number of hydrogen-bond acceptors (Lipinski definition) is 5. The number of hydrogen-bond donors (Lipinski definition) is 1. The summed E-state index contributed by atoms with van der Waals surface area (Å²) in [5, 5.41) is 0.990. The molecule has 3 rings (SSSR count). The van der Waals surface area contributed by atoms with Crippen LogP contribution in [-0.2, 0) is 13.0 Å². The Bertz CT molecular complexity index is 602. The molecule has 0 saturated carbocycles. The first kappa shape index (κ1) is 13.4. The average molecular weight is 286 g/mol. The van der Waals surface area contributed by atoms with Gasteiger partial charge in [-0.1, -0.05) is 24.3 Å². The topological polar surface area (TPSA) is 55.0 Å². The predicted octanol–water partition coefficient (Wildman–Crippen LogP) is 2.09. The molecule has 20 heavy (non-hydrogen) atoms. The molecule has 0 aliphatic carbocycles. The predicted molar refractivity (Wildman–Crippen MR) is 83.0 cm³/mol. The molecule has 2 heterocycles. The first-order chi connectivity index (χ1) is 9.81. The molecule has 1 aliphatic heterocycles. The number of benzene rings is 1. The molecule has 5 heteroatoms. The van der Waals surface area contributed by atoms with Gasteiger partial charge in [-0.15, -0.1) is 11.8 Å². The Labute approximate surface area is 123 Å². The SMILES string of the molecule is CSc1cc(N2Cc3ccccc3CC2CN)ncn1. The largest absolute Gasteiger partial charge is 0.348 e. The van der Waals surface area contributed by atoms with Crippen LogP contribution in [0.4, 0.5) is 5.82 Å². The molecule has 0 radical (unpaired) electrons. The van der Waals surface area contributed by atoms with E-state index >= 15 is 0 Å². The van der Waals surface area contributed by atoms with Crippen molar-refractivity contribution in [2.75, 3.05) is 17.7 Å². The maximum atomic E-state index is 5.97. The lowest BCUT2D eigenvalue weighted by Crippen LogP contribution is -2.45. The van der Waals surface area contributed by atoms with E-state index in [1.54, 1.807) is 18.1 Å². The Morgan fingerprint density at radius 2 is 2.10 bits per heavy atom. The second kappa shape index (κ2) is 5.81. The lowest BCUT2D eigenvalue weighted by atomic mass is 9.94. The third kappa shape index (κ3) is 2.51.